The van der Waals surface area contributed by atoms with Crippen LogP contribution in [0.25, 0.3) is 6.08 Å². The van der Waals surface area contributed by atoms with Crippen molar-refractivity contribution in [1.29, 1.82) is 0 Å². The van der Waals surface area contributed by atoms with Crippen molar-refractivity contribution in [2.75, 3.05) is 6.61 Å². The highest BCUT2D eigenvalue weighted by molar-refractivity contribution is 8.18. The molecule has 1 fully saturated rings. The van der Waals surface area contributed by atoms with Gasteiger partial charge in [-0.15, -0.1) is 5.10 Å². The van der Waals surface area contributed by atoms with Crippen LogP contribution in [-0.4, -0.2) is 23.6 Å². The van der Waals surface area contributed by atoms with Gasteiger partial charge in [0.1, 0.15) is 5.75 Å². The molecule has 122 valence electrons. The Morgan fingerprint density at radius 3 is 2.70 bits per heavy atom. The summed E-state index contributed by atoms with van der Waals surface area (Å²) in [5.41, 5.74) is 3.18. The summed E-state index contributed by atoms with van der Waals surface area (Å²) in [6.07, 6.45) is 1.77. The summed E-state index contributed by atoms with van der Waals surface area (Å²) in [6, 6.07) is 7.52. The van der Waals surface area contributed by atoms with E-state index in [2.05, 4.69) is 29.7 Å². The van der Waals surface area contributed by atoms with Gasteiger partial charge in [0.25, 0.3) is 5.91 Å². The van der Waals surface area contributed by atoms with Crippen molar-refractivity contribution in [3.63, 3.8) is 0 Å². The quantitative estimate of drug-likeness (QED) is 0.640. The first-order chi connectivity index (χ1) is 10.9. The van der Waals surface area contributed by atoms with Gasteiger partial charge in [-0.05, 0) is 41.5 Å². The van der Waals surface area contributed by atoms with Gasteiger partial charge in [-0.1, -0.05) is 26.0 Å². The van der Waals surface area contributed by atoms with Gasteiger partial charge >= 0.3 is 0 Å². The summed E-state index contributed by atoms with van der Waals surface area (Å²) in [7, 11) is 0. The van der Waals surface area contributed by atoms with Crippen molar-refractivity contribution >= 4 is 34.8 Å². The molecule has 2 rings (SSSR count). The van der Waals surface area contributed by atoms with Crippen LogP contribution in [0, 0.1) is 5.92 Å². The number of nitrogens with zero attached hydrogens (tertiary/aromatic N) is 1. The second kappa shape index (κ2) is 7.82. The van der Waals surface area contributed by atoms with Gasteiger partial charge in [0, 0.05) is 6.92 Å². The second-order valence-corrected chi connectivity index (χ2v) is 6.45. The summed E-state index contributed by atoms with van der Waals surface area (Å²) in [5, 5.41) is 6.75. The maximum atomic E-state index is 11.9. The van der Waals surface area contributed by atoms with E-state index in [1.165, 1.54) is 18.7 Å². The van der Waals surface area contributed by atoms with E-state index in [1.807, 2.05) is 24.3 Å². The van der Waals surface area contributed by atoms with Gasteiger partial charge in [0.2, 0.25) is 5.91 Å². The van der Waals surface area contributed by atoms with Gasteiger partial charge in [-0.2, -0.15) is 0 Å². The molecular weight excluding hydrogens is 314 g/mol. The molecule has 1 aliphatic rings. The Kier molecular flexibility index (Phi) is 5.81. The smallest absolute Gasteiger partial charge is 0.264 e. The topological polar surface area (TPSA) is 79.8 Å². The van der Waals surface area contributed by atoms with Gasteiger partial charge in [0.05, 0.1) is 11.5 Å². The number of rotatable bonds is 5. The minimum Gasteiger partial charge on any atom is -0.493 e. The van der Waals surface area contributed by atoms with E-state index < -0.39 is 0 Å². The van der Waals surface area contributed by atoms with Crippen LogP contribution in [0.4, 0.5) is 0 Å². The zero-order chi connectivity index (χ0) is 16.8. The summed E-state index contributed by atoms with van der Waals surface area (Å²) in [4.78, 5) is 23.2. The number of carbonyl (C=O) groups excluding carboxylic acids is 2. The molecular formula is C16H19N3O3S. The van der Waals surface area contributed by atoms with Crippen molar-refractivity contribution in [3.8, 4) is 5.75 Å². The number of amidine groups is 1. The first kappa shape index (κ1) is 17.1. The van der Waals surface area contributed by atoms with E-state index in [4.69, 9.17) is 4.74 Å². The number of ether oxygens (including phenoxy) is 1. The number of hydrogen-bond donors (Lipinski definition) is 2. The number of amides is 2. The lowest BCUT2D eigenvalue weighted by atomic mass is 10.2. The molecule has 1 aromatic rings. The molecule has 0 atom stereocenters. The summed E-state index contributed by atoms with van der Waals surface area (Å²) >= 11 is 1.18. The maximum Gasteiger partial charge on any atom is 0.264 e. The third kappa shape index (κ3) is 5.45. The van der Waals surface area contributed by atoms with Gasteiger partial charge < -0.3 is 4.74 Å². The van der Waals surface area contributed by atoms with Gasteiger partial charge in [-0.25, -0.2) is 5.43 Å². The molecule has 0 spiro atoms. The third-order valence-electron chi connectivity index (χ3n) is 2.73. The molecule has 0 radical (unpaired) electrons. The molecule has 7 heteroatoms. The average Bonchev–Trinajstić information content (AvgIpc) is 2.84. The fraction of sp³-hybridized carbons (Fsp3) is 0.312. The highest BCUT2D eigenvalue weighted by Crippen LogP contribution is 2.26. The lowest BCUT2D eigenvalue weighted by molar-refractivity contribution is -0.119. The molecule has 2 N–H and O–H groups in total. The molecule has 0 aromatic heterocycles. The number of hydrazone groups is 1. The summed E-state index contributed by atoms with van der Waals surface area (Å²) < 4.78 is 5.62. The highest BCUT2D eigenvalue weighted by atomic mass is 32.2. The van der Waals surface area contributed by atoms with Crippen LogP contribution >= 0.6 is 11.8 Å². The Balaban J connectivity index is 2.02. The van der Waals surface area contributed by atoms with Crippen molar-refractivity contribution < 1.29 is 14.3 Å². The van der Waals surface area contributed by atoms with Crippen LogP contribution in [0.15, 0.2) is 34.3 Å². The van der Waals surface area contributed by atoms with Gasteiger partial charge in [-0.3, -0.25) is 14.9 Å². The zero-order valence-corrected chi connectivity index (χ0v) is 14.1. The standard InChI is InChI=1S/C16H19N3O3S/c1-10(2)9-22-13-6-4-12(5-7-13)8-14-15(21)17-16(23-14)19-18-11(3)20/h4-8,10H,9H2,1-3H3,(H,18,20)(H,17,19,21)/b14-8+. The number of benzene rings is 1. The Hall–Kier alpha value is -2.28. The normalized spacial score (nSPS) is 17.7. The summed E-state index contributed by atoms with van der Waals surface area (Å²) in [5.74, 6) is 0.745. The molecule has 6 nitrogen and oxygen atoms in total. The van der Waals surface area contributed by atoms with Crippen LogP contribution in [0.1, 0.15) is 26.3 Å². The van der Waals surface area contributed by atoms with Crippen LogP contribution in [0.3, 0.4) is 0 Å². The fourth-order valence-corrected chi connectivity index (χ4v) is 2.47. The first-order valence-electron chi connectivity index (χ1n) is 7.22. The minimum atomic E-state index is -0.290. The van der Waals surface area contributed by atoms with Crippen molar-refractivity contribution in [3.05, 3.63) is 34.7 Å². The summed E-state index contributed by atoms with van der Waals surface area (Å²) in [6.45, 7) is 6.20. The monoisotopic (exact) mass is 333 g/mol. The first-order valence-corrected chi connectivity index (χ1v) is 8.03. The number of hydrogen-bond acceptors (Lipinski definition) is 5. The predicted octanol–water partition coefficient (Wildman–Crippen LogP) is 2.33. The predicted molar refractivity (Wildman–Crippen MR) is 91.7 cm³/mol. The van der Waals surface area contributed by atoms with Crippen molar-refractivity contribution in [1.82, 2.24) is 10.7 Å². The van der Waals surface area contributed by atoms with Crippen LogP contribution < -0.4 is 15.5 Å². The largest absolute Gasteiger partial charge is 0.493 e. The van der Waals surface area contributed by atoms with E-state index in [9.17, 15) is 9.59 Å². The van der Waals surface area contributed by atoms with E-state index in [-0.39, 0.29) is 11.8 Å². The molecule has 1 aliphatic heterocycles. The van der Waals surface area contributed by atoms with Crippen LogP contribution in [0.2, 0.25) is 0 Å². The molecule has 0 aliphatic carbocycles. The molecule has 0 saturated carbocycles. The molecule has 1 heterocycles. The van der Waals surface area contributed by atoms with E-state index in [0.29, 0.717) is 22.6 Å². The average molecular weight is 333 g/mol. The second-order valence-electron chi connectivity index (χ2n) is 5.42. The lowest BCUT2D eigenvalue weighted by Crippen LogP contribution is -2.23. The van der Waals surface area contributed by atoms with Crippen molar-refractivity contribution in [2.45, 2.75) is 20.8 Å². The molecule has 0 unspecified atom stereocenters. The minimum absolute atomic E-state index is 0.237. The van der Waals surface area contributed by atoms with E-state index >= 15 is 0 Å². The lowest BCUT2D eigenvalue weighted by Gasteiger charge is -2.08. The molecule has 23 heavy (non-hydrogen) atoms. The number of carbonyl (C=O) groups is 2. The third-order valence-corrected chi connectivity index (χ3v) is 3.64. The number of thioether (sulfide) groups is 1. The van der Waals surface area contributed by atoms with Gasteiger partial charge in [0.15, 0.2) is 5.17 Å². The van der Waals surface area contributed by atoms with E-state index in [1.54, 1.807) is 6.08 Å². The maximum absolute atomic E-state index is 11.9. The van der Waals surface area contributed by atoms with Crippen molar-refractivity contribution in [2.24, 2.45) is 11.0 Å². The molecule has 0 bridgehead atoms. The number of nitrogens with one attached hydrogen (secondary N) is 2. The fourth-order valence-electron chi connectivity index (χ4n) is 1.68. The Labute approximate surface area is 139 Å². The Bertz CT molecular complexity index is 651. The van der Waals surface area contributed by atoms with E-state index in [0.717, 1.165) is 11.3 Å². The molecule has 1 saturated heterocycles. The SMILES string of the molecule is CC(=O)N/N=C1\NC(=O)/C(=C\c2ccc(OCC(C)C)cc2)S1. The van der Waals surface area contributed by atoms with Crippen LogP contribution in [0.5, 0.6) is 5.75 Å². The molecule has 2 amide bonds. The van der Waals surface area contributed by atoms with Crippen LogP contribution in [-0.2, 0) is 9.59 Å². The molecule has 1 aromatic carbocycles. The Morgan fingerprint density at radius 2 is 2.09 bits per heavy atom. The highest BCUT2D eigenvalue weighted by Gasteiger charge is 2.23. The Morgan fingerprint density at radius 1 is 1.39 bits per heavy atom. The zero-order valence-electron chi connectivity index (χ0n) is 13.3.